The first-order chi connectivity index (χ1) is 26.5. The van der Waals surface area contributed by atoms with Gasteiger partial charge in [0.25, 0.3) is 0 Å². The molecule has 0 aromatic heterocycles. The minimum atomic E-state index is -0.824. The van der Waals surface area contributed by atoms with E-state index in [9.17, 15) is 14.4 Å². The lowest BCUT2D eigenvalue weighted by molar-refractivity contribution is -0.167. The number of esters is 3. The maximum absolute atomic E-state index is 12.7. The van der Waals surface area contributed by atoms with E-state index in [-0.39, 0.29) is 44.0 Å². The van der Waals surface area contributed by atoms with Crippen molar-refractivity contribution in [1.29, 1.82) is 0 Å². The maximum atomic E-state index is 12.7. The fraction of sp³-hybridized carbons (Fsp3) is 0.562. The second kappa shape index (κ2) is 41.8. The number of carbonyl (C=O) groups is 3. The lowest BCUT2D eigenvalue weighted by Gasteiger charge is -2.18. The Morgan fingerprint density at radius 3 is 1.20 bits per heavy atom. The van der Waals surface area contributed by atoms with Crippen LogP contribution in [0.1, 0.15) is 156 Å². The Bertz CT molecular complexity index is 1180. The molecule has 0 aliphatic carbocycles. The van der Waals surface area contributed by atoms with Crippen molar-refractivity contribution in [2.75, 3.05) is 13.2 Å². The summed E-state index contributed by atoms with van der Waals surface area (Å²) in [6, 6.07) is 0. The highest BCUT2D eigenvalue weighted by Crippen LogP contribution is 2.12. The van der Waals surface area contributed by atoms with E-state index in [1.54, 1.807) is 0 Å². The van der Waals surface area contributed by atoms with Crippen molar-refractivity contribution < 1.29 is 28.6 Å². The predicted octanol–water partition coefficient (Wildman–Crippen LogP) is 13.2. The van der Waals surface area contributed by atoms with Crippen molar-refractivity contribution in [3.05, 3.63) is 109 Å². The van der Waals surface area contributed by atoms with Crippen LogP contribution >= 0.6 is 0 Å². The third kappa shape index (κ3) is 39.3. The number of hydrogen-bond donors (Lipinski definition) is 0. The molecule has 302 valence electrons. The molecule has 0 aromatic carbocycles. The summed E-state index contributed by atoms with van der Waals surface area (Å²) in [5, 5.41) is 0. The van der Waals surface area contributed by atoms with Gasteiger partial charge in [0, 0.05) is 19.3 Å². The highest BCUT2D eigenvalue weighted by Gasteiger charge is 2.19. The first kappa shape index (κ1) is 50.1. The number of hydrogen-bond acceptors (Lipinski definition) is 6. The zero-order chi connectivity index (χ0) is 39.4. The van der Waals surface area contributed by atoms with Gasteiger partial charge in [-0.1, -0.05) is 194 Å². The predicted molar refractivity (Wildman–Crippen MR) is 228 cm³/mol. The van der Waals surface area contributed by atoms with Gasteiger partial charge in [0.15, 0.2) is 6.10 Å². The van der Waals surface area contributed by atoms with Crippen molar-refractivity contribution in [1.82, 2.24) is 0 Å². The Kier molecular flexibility index (Phi) is 38.8. The molecule has 6 heteroatoms. The van der Waals surface area contributed by atoms with Crippen molar-refractivity contribution >= 4 is 17.9 Å². The second-order valence-electron chi connectivity index (χ2n) is 13.4. The average Bonchev–Trinajstić information content (AvgIpc) is 3.17. The molecule has 6 nitrogen and oxygen atoms in total. The van der Waals surface area contributed by atoms with Gasteiger partial charge in [0.1, 0.15) is 13.2 Å². The SMILES string of the molecule is CC\C=C/C=C\C=C/C=C\C=C/CCCC(=O)OCC(COC(=O)CCCCCCCCCCCC)OC(=O)CCCCC\C=C/C=C\C=C/C=C\CC. The normalized spacial score (nSPS) is 13.2. The third-order valence-electron chi connectivity index (χ3n) is 8.25. The fourth-order valence-electron chi connectivity index (χ4n) is 5.13. The first-order valence-electron chi connectivity index (χ1n) is 21.0. The van der Waals surface area contributed by atoms with Gasteiger partial charge in [0.2, 0.25) is 0 Å². The summed E-state index contributed by atoms with van der Waals surface area (Å²) in [4.78, 5) is 37.6. The molecular formula is C48H74O6. The standard InChI is InChI=1S/C48H74O6/c1-4-7-10-13-16-19-22-24-26-29-32-35-38-41-47(50)53-44-45(43-52-46(49)40-37-34-31-28-21-18-15-12-9-6-3)54-48(51)42-39-36-33-30-27-25-23-20-17-14-11-8-5-2/h7-8,10-11,13-14,16-17,19-20,22-27,29,32,45H,4-6,9,12,15,18,21,28,30-31,33-44H2,1-3H3/b10-7-,11-8-,16-13-,17-14-,22-19-,23-20-,26-24-,27-25-,32-29-. The van der Waals surface area contributed by atoms with Crippen LogP contribution in [0.15, 0.2) is 109 Å². The Labute approximate surface area is 330 Å². The Morgan fingerprint density at radius 2 is 0.741 bits per heavy atom. The van der Waals surface area contributed by atoms with Gasteiger partial charge >= 0.3 is 17.9 Å². The third-order valence-corrected chi connectivity index (χ3v) is 8.25. The van der Waals surface area contributed by atoms with E-state index in [1.165, 1.54) is 44.9 Å². The molecule has 0 saturated carbocycles. The van der Waals surface area contributed by atoms with E-state index in [2.05, 4.69) is 39.0 Å². The van der Waals surface area contributed by atoms with Gasteiger partial charge in [-0.05, 0) is 51.4 Å². The van der Waals surface area contributed by atoms with Crippen molar-refractivity contribution in [2.45, 2.75) is 162 Å². The van der Waals surface area contributed by atoms with Gasteiger partial charge in [-0.3, -0.25) is 14.4 Å². The molecular weight excluding hydrogens is 673 g/mol. The minimum Gasteiger partial charge on any atom is -0.462 e. The molecule has 0 N–H and O–H groups in total. The largest absolute Gasteiger partial charge is 0.462 e. The molecule has 0 bridgehead atoms. The molecule has 1 atom stereocenters. The summed E-state index contributed by atoms with van der Waals surface area (Å²) in [5.74, 6) is -1.05. The van der Waals surface area contributed by atoms with Gasteiger partial charge in [0.05, 0.1) is 0 Å². The average molecular weight is 747 g/mol. The second-order valence-corrected chi connectivity index (χ2v) is 13.4. The van der Waals surface area contributed by atoms with Crippen LogP contribution in [0.3, 0.4) is 0 Å². The molecule has 0 aromatic rings. The van der Waals surface area contributed by atoms with E-state index >= 15 is 0 Å². The van der Waals surface area contributed by atoms with Crippen LogP contribution in [0.5, 0.6) is 0 Å². The zero-order valence-corrected chi connectivity index (χ0v) is 34.2. The van der Waals surface area contributed by atoms with E-state index in [1.807, 2.05) is 91.1 Å². The molecule has 0 spiro atoms. The molecule has 1 unspecified atom stereocenters. The molecule has 54 heavy (non-hydrogen) atoms. The van der Waals surface area contributed by atoms with Crippen molar-refractivity contribution in [3.8, 4) is 0 Å². The van der Waals surface area contributed by atoms with E-state index in [4.69, 9.17) is 14.2 Å². The van der Waals surface area contributed by atoms with Crippen molar-refractivity contribution in [2.24, 2.45) is 0 Å². The van der Waals surface area contributed by atoms with Gasteiger partial charge < -0.3 is 14.2 Å². The van der Waals surface area contributed by atoms with Crippen LogP contribution in [-0.4, -0.2) is 37.2 Å². The van der Waals surface area contributed by atoms with Gasteiger partial charge in [-0.2, -0.15) is 0 Å². The molecule has 0 aliphatic heterocycles. The van der Waals surface area contributed by atoms with E-state index < -0.39 is 6.10 Å². The number of ether oxygens (including phenoxy) is 3. The molecule has 0 aliphatic rings. The molecule has 0 saturated heterocycles. The molecule has 0 fully saturated rings. The molecule has 0 amide bonds. The summed E-state index contributed by atoms with van der Waals surface area (Å²) < 4.78 is 16.5. The highest BCUT2D eigenvalue weighted by molar-refractivity contribution is 5.71. The van der Waals surface area contributed by atoms with Gasteiger partial charge in [-0.25, -0.2) is 0 Å². The monoisotopic (exact) mass is 747 g/mol. The van der Waals surface area contributed by atoms with Crippen LogP contribution < -0.4 is 0 Å². The summed E-state index contributed by atoms with van der Waals surface area (Å²) in [7, 11) is 0. The van der Waals surface area contributed by atoms with Crippen LogP contribution in [0, 0.1) is 0 Å². The smallest absolute Gasteiger partial charge is 0.306 e. The first-order valence-corrected chi connectivity index (χ1v) is 21.0. The number of allylic oxidation sites excluding steroid dienone is 18. The lowest BCUT2D eigenvalue weighted by Crippen LogP contribution is -2.30. The summed E-state index contributed by atoms with van der Waals surface area (Å²) in [6.45, 7) is 6.19. The van der Waals surface area contributed by atoms with Gasteiger partial charge in [-0.15, -0.1) is 0 Å². The maximum Gasteiger partial charge on any atom is 0.306 e. The van der Waals surface area contributed by atoms with E-state index in [0.29, 0.717) is 19.3 Å². The highest BCUT2D eigenvalue weighted by atomic mass is 16.6. The zero-order valence-electron chi connectivity index (χ0n) is 34.2. The summed E-state index contributed by atoms with van der Waals surface area (Å²) >= 11 is 0. The van der Waals surface area contributed by atoms with Crippen LogP contribution in [-0.2, 0) is 28.6 Å². The van der Waals surface area contributed by atoms with Crippen LogP contribution in [0.25, 0.3) is 0 Å². The Hall–Kier alpha value is -3.93. The summed E-state index contributed by atoms with van der Waals surface area (Å²) in [5.41, 5.74) is 0. The number of carbonyl (C=O) groups excluding carboxylic acids is 3. The van der Waals surface area contributed by atoms with Crippen LogP contribution in [0.4, 0.5) is 0 Å². The molecule has 0 rings (SSSR count). The summed E-state index contributed by atoms with van der Waals surface area (Å²) in [6.07, 6.45) is 55.1. The number of rotatable bonds is 35. The lowest BCUT2D eigenvalue weighted by atomic mass is 10.1. The van der Waals surface area contributed by atoms with Crippen LogP contribution in [0.2, 0.25) is 0 Å². The number of unbranched alkanes of at least 4 members (excludes halogenated alkanes) is 13. The molecule has 0 radical (unpaired) electrons. The van der Waals surface area contributed by atoms with Crippen molar-refractivity contribution in [3.63, 3.8) is 0 Å². The van der Waals surface area contributed by atoms with E-state index in [0.717, 1.165) is 57.8 Å². The molecule has 0 heterocycles. The fourth-order valence-corrected chi connectivity index (χ4v) is 5.13. The Morgan fingerprint density at radius 1 is 0.389 bits per heavy atom. The minimum absolute atomic E-state index is 0.118. The topological polar surface area (TPSA) is 78.9 Å². The quantitative estimate of drug-likeness (QED) is 0.0278. The Balaban J connectivity index is 4.61.